The van der Waals surface area contributed by atoms with E-state index in [2.05, 4.69) is 5.32 Å². The zero-order chi connectivity index (χ0) is 15.2. The van der Waals surface area contributed by atoms with Crippen LogP contribution in [0.25, 0.3) is 0 Å². The van der Waals surface area contributed by atoms with Gasteiger partial charge in [0.25, 0.3) is 5.91 Å². The van der Waals surface area contributed by atoms with E-state index in [-0.39, 0.29) is 11.9 Å². The Morgan fingerprint density at radius 3 is 2.52 bits per heavy atom. The number of ether oxygens (including phenoxy) is 2. The first-order valence-electron chi connectivity index (χ1n) is 7.60. The largest absolute Gasteiger partial charge is 0.490 e. The van der Waals surface area contributed by atoms with E-state index in [9.17, 15) is 4.79 Å². The third-order valence-electron chi connectivity index (χ3n) is 3.57. The van der Waals surface area contributed by atoms with Gasteiger partial charge in [-0.25, -0.2) is 0 Å². The van der Waals surface area contributed by atoms with Gasteiger partial charge >= 0.3 is 0 Å². The van der Waals surface area contributed by atoms with E-state index in [1.807, 2.05) is 13.8 Å². The molecule has 1 fully saturated rings. The Bertz CT molecular complexity index is 486. The smallest absolute Gasteiger partial charge is 0.251 e. The molecule has 0 radical (unpaired) electrons. The Kier molecular flexibility index (Phi) is 5.44. The van der Waals surface area contributed by atoms with Crippen molar-refractivity contribution in [3.8, 4) is 11.5 Å². The van der Waals surface area contributed by atoms with E-state index in [0.717, 1.165) is 12.8 Å². The lowest BCUT2D eigenvalue weighted by Gasteiger charge is -2.17. The summed E-state index contributed by atoms with van der Waals surface area (Å²) in [5, 5.41) is 3.01. The van der Waals surface area contributed by atoms with Crippen LogP contribution in [0.1, 0.15) is 37.0 Å². The molecule has 5 heteroatoms. The third-order valence-corrected chi connectivity index (χ3v) is 3.57. The molecule has 2 rings (SSSR count). The van der Waals surface area contributed by atoms with E-state index in [1.54, 1.807) is 18.2 Å². The second-order valence-corrected chi connectivity index (χ2v) is 5.18. The summed E-state index contributed by atoms with van der Waals surface area (Å²) in [6.45, 7) is 5.38. The SMILES string of the molecule is CCOc1ccc(C(=O)NC(CN)C2CC2)cc1OCC. The number of nitrogens with one attached hydrogen (secondary N) is 1. The fourth-order valence-electron chi connectivity index (χ4n) is 2.31. The highest BCUT2D eigenvalue weighted by molar-refractivity contribution is 5.95. The summed E-state index contributed by atoms with van der Waals surface area (Å²) in [6, 6.07) is 5.32. The van der Waals surface area contributed by atoms with Crippen molar-refractivity contribution in [2.75, 3.05) is 19.8 Å². The molecule has 0 spiro atoms. The highest BCUT2D eigenvalue weighted by Crippen LogP contribution is 2.33. The normalized spacial score (nSPS) is 15.4. The van der Waals surface area contributed by atoms with Crippen molar-refractivity contribution < 1.29 is 14.3 Å². The molecule has 5 nitrogen and oxygen atoms in total. The van der Waals surface area contributed by atoms with Crippen molar-refractivity contribution in [3.63, 3.8) is 0 Å². The predicted octanol–water partition coefficient (Wildman–Crippen LogP) is 1.95. The Morgan fingerprint density at radius 2 is 1.95 bits per heavy atom. The van der Waals surface area contributed by atoms with Gasteiger partial charge in [-0.1, -0.05) is 0 Å². The minimum Gasteiger partial charge on any atom is -0.490 e. The van der Waals surface area contributed by atoms with Gasteiger partial charge < -0.3 is 20.5 Å². The maximum absolute atomic E-state index is 12.3. The van der Waals surface area contributed by atoms with Crippen molar-refractivity contribution in [3.05, 3.63) is 23.8 Å². The summed E-state index contributed by atoms with van der Waals surface area (Å²) in [5.74, 6) is 1.69. The maximum Gasteiger partial charge on any atom is 0.251 e. The summed E-state index contributed by atoms with van der Waals surface area (Å²) in [5.41, 5.74) is 6.29. The highest BCUT2D eigenvalue weighted by atomic mass is 16.5. The van der Waals surface area contributed by atoms with Crippen molar-refractivity contribution in [1.29, 1.82) is 0 Å². The second-order valence-electron chi connectivity index (χ2n) is 5.18. The summed E-state index contributed by atoms with van der Waals surface area (Å²) in [4.78, 5) is 12.3. The van der Waals surface area contributed by atoms with Crippen molar-refractivity contribution >= 4 is 5.91 Å². The van der Waals surface area contributed by atoms with Gasteiger partial charge in [0.05, 0.1) is 13.2 Å². The fraction of sp³-hybridized carbons (Fsp3) is 0.562. The molecule has 1 atom stereocenters. The van der Waals surface area contributed by atoms with Gasteiger partial charge in [-0.2, -0.15) is 0 Å². The van der Waals surface area contributed by atoms with E-state index >= 15 is 0 Å². The first-order valence-corrected chi connectivity index (χ1v) is 7.60. The van der Waals surface area contributed by atoms with Crippen molar-refractivity contribution in [2.45, 2.75) is 32.7 Å². The highest BCUT2D eigenvalue weighted by Gasteiger charge is 2.31. The van der Waals surface area contributed by atoms with E-state index in [0.29, 0.717) is 42.7 Å². The van der Waals surface area contributed by atoms with Gasteiger partial charge in [-0.3, -0.25) is 4.79 Å². The van der Waals surface area contributed by atoms with Crippen LogP contribution in [-0.2, 0) is 0 Å². The fourth-order valence-corrected chi connectivity index (χ4v) is 2.31. The molecule has 1 aromatic rings. The molecular formula is C16H24N2O3. The van der Waals surface area contributed by atoms with Crippen LogP contribution in [-0.4, -0.2) is 31.7 Å². The first kappa shape index (κ1) is 15.6. The number of amides is 1. The zero-order valence-corrected chi connectivity index (χ0v) is 12.7. The molecule has 1 aliphatic carbocycles. The van der Waals surface area contributed by atoms with Gasteiger partial charge in [0.1, 0.15) is 0 Å². The third kappa shape index (κ3) is 4.11. The number of nitrogens with two attached hydrogens (primary N) is 1. The lowest BCUT2D eigenvalue weighted by Crippen LogP contribution is -2.41. The molecule has 0 saturated heterocycles. The minimum atomic E-state index is -0.110. The Balaban J connectivity index is 2.10. The molecule has 0 heterocycles. The number of carbonyl (C=O) groups is 1. The molecule has 1 saturated carbocycles. The molecule has 3 N–H and O–H groups in total. The lowest BCUT2D eigenvalue weighted by molar-refractivity contribution is 0.0933. The van der Waals surface area contributed by atoms with Gasteiger partial charge in [0.2, 0.25) is 0 Å². The van der Waals surface area contributed by atoms with E-state index in [4.69, 9.17) is 15.2 Å². The quantitative estimate of drug-likeness (QED) is 0.768. The molecule has 21 heavy (non-hydrogen) atoms. The van der Waals surface area contributed by atoms with Gasteiger partial charge in [-0.05, 0) is 50.8 Å². The molecule has 1 aromatic carbocycles. The van der Waals surface area contributed by atoms with Crippen LogP contribution in [0.15, 0.2) is 18.2 Å². The molecular weight excluding hydrogens is 268 g/mol. The second kappa shape index (κ2) is 7.31. The first-order chi connectivity index (χ1) is 10.2. The zero-order valence-electron chi connectivity index (χ0n) is 12.7. The summed E-state index contributed by atoms with van der Waals surface area (Å²) >= 11 is 0. The molecule has 1 unspecified atom stereocenters. The lowest BCUT2D eigenvalue weighted by atomic mass is 10.1. The van der Waals surface area contributed by atoms with Gasteiger partial charge in [0, 0.05) is 18.2 Å². The average molecular weight is 292 g/mol. The van der Waals surface area contributed by atoms with Crippen LogP contribution < -0.4 is 20.5 Å². The molecule has 1 amide bonds. The number of benzene rings is 1. The molecule has 0 aromatic heterocycles. The number of hydrogen-bond acceptors (Lipinski definition) is 4. The maximum atomic E-state index is 12.3. The van der Waals surface area contributed by atoms with Gasteiger partial charge in [-0.15, -0.1) is 0 Å². The molecule has 116 valence electrons. The van der Waals surface area contributed by atoms with Crippen LogP contribution in [0, 0.1) is 5.92 Å². The average Bonchev–Trinajstić information content (AvgIpc) is 3.31. The van der Waals surface area contributed by atoms with Crippen LogP contribution in [0.5, 0.6) is 11.5 Å². The summed E-state index contributed by atoms with van der Waals surface area (Å²) < 4.78 is 11.0. The summed E-state index contributed by atoms with van der Waals surface area (Å²) in [7, 11) is 0. The van der Waals surface area contributed by atoms with Crippen LogP contribution in [0.3, 0.4) is 0 Å². The van der Waals surface area contributed by atoms with Crippen molar-refractivity contribution in [1.82, 2.24) is 5.32 Å². The van der Waals surface area contributed by atoms with Crippen LogP contribution in [0.2, 0.25) is 0 Å². The van der Waals surface area contributed by atoms with E-state index in [1.165, 1.54) is 0 Å². The molecule has 0 bridgehead atoms. The van der Waals surface area contributed by atoms with E-state index < -0.39 is 0 Å². The number of rotatable bonds is 8. The monoisotopic (exact) mass is 292 g/mol. The Hall–Kier alpha value is -1.75. The number of hydrogen-bond donors (Lipinski definition) is 2. The topological polar surface area (TPSA) is 73.6 Å². The molecule has 1 aliphatic rings. The summed E-state index contributed by atoms with van der Waals surface area (Å²) in [6.07, 6.45) is 2.30. The Morgan fingerprint density at radius 1 is 1.29 bits per heavy atom. The van der Waals surface area contributed by atoms with Crippen LogP contribution in [0.4, 0.5) is 0 Å². The standard InChI is InChI=1S/C16H24N2O3/c1-3-20-14-8-7-12(9-15(14)21-4-2)16(19)18-13(10-17)11-5-6-11/h7-9,11,13H,3-6,10,17H2,1-2H3,(H,18,19). The van der Waals surface area contributed by atoms with Crippen molar-refractivity contribution in [2.24, 2.45) is 11.7 Å². The number of carbonyl (C=O) groups excluding carboxylic acids is 1. The Labute approximate surface area is 125 Å². The van der Waals surface area contributed by atoms with Gasteiger partial charge in [0.15, 0.2) is 11.5 Å². The van der Waals surface area contributed by atoms with Crippen LogP contribution >= 0.6 is 0 Å². The minimum absolute atomic E-state index is 0.0691. The molecule has 0 aliphatic heterocycles. The predicted molar refractivity (Wildman–Crippen MR) is 81.8 cm³/mol.